The van der Waals surface area contributed by atoms with E-state index in [1.54, 1.807) is 19.1 Å². The smallest absolute Gasteiger partial charge is 0.285 e. The molecule has 1 unspecified atom stereocenters. The van der Waals surface area contributed by atoms with E-state index in [-0.39, 0.29) is 6.04 Å². The van der Waals surface area contributed by atoms with Crippen molar-refractivity contribution in [3.05, 3.63) is 30.3 Å². The average molecular weight is 208 g/mol. The van der Waals surface area contributed by atoms with E-state index in [0.29, 0.717) is 5.69 Å². The van der Waals surface area contributed by atoms with E-state index in [9.17, 15) is 4.79 Å². The lowest BCUT2D eigenvalue weighted by Gasteiger charge is -2.22. The van der Waals surface area contributed by atoms with Crippen molar-refractivity contribution in [1.82, 2.24) is 0 Å². The number of terminal acetylenes is 1. The van der Waals surface area contributed by atoms with Gasteiger partial charge in [0, 0.05) is 5.69 Å². The summed E-state index contributed by atoms with van der Waals surface area (Å²) in [5.41, 5.74) is 0.706. The van der Waals surface area contributed by atoms with Gasteiger partial charge in [0.2, 0.25) is 0 Å². The fourth-order valence-corrected chi connectivity index (χ4v) is 1.38. The molecule has 2 nitrogen and oxygen atoms in total. The van der Waals surface area contributed by atoms with Crippen LogP contribution in [0.15, 0.2) is 30.3 Å². The van der Waals surface area contributed by atoms with Crippen molar-refractivity contribution in [3.8, 4) is 12.3 Å². The van der Waals surface area contributed by atoms with Crippen LogP contribution in [0.5, 0.6) is 0 Å². The van der Waals surface area contributed by atoms with Gasteiger partial charge in [-0.2, -0.15) is 0 Å². The highest BCUT2D eigenvalue weighted by molar-refractivity contribution is 6.66. The first kappa shape index (κ1) is 10.6. The number of hydrogen-bond acceptors (Lipinski definition) is 1. The lowest BCUT2D eigenvalue weighted by molar-refractivity contribution is 0.263. The Balaban J connectivity index is 3.02. The zero-order valence-corrected chi connectivity index (χ0v) is 8.53. The Kier molecular flexibility index (Phi) is 3.55. The molecule has 0 saturated heterocycles. The number of rotatable bonds is 2. The van der Waals surface area contributed by atoms with Crippen LogP contribution >= 0.6 is 11.6 Å². The number of carbonyl (C=O) groups excluding carboxylic acids is 1. The average Bonchev–Trinajstić information content (AvgIpc) is 2.19. The van der Waals surface area contributed by atoms with Crippen molar-refractivity contribution < 1.29 is 4.79 Å². The lowest BCUT2D eigenvalue weighted by Crippen LogP contribution is -2.33. The molecule has 72 valence electrons. The number of carbonyl (C=O) groups is 1. The molecule has 14 heavy (non-hydrogen) atoms. The largest absolute Gasteiger partial charge is 0.321 e. The molecule has 0 heterocycles. The van der Waals surface area contributed by atoms with E-state index >= 15 is 0 Å². The minimum absolute atomic E-state index is 0.345. The zero-order chi connectivity index (χ0) is 10.6. The summed E-state index contributed by atoms with van der Waals surface area (Å²) in [6, 6.07) is 8.74. The first-order valence-electron chi connectivity index (χ1n) is 4.16. The second kappa shape index (κ2) is 4.69. The SMILES string of the molecule is C#CC(C)N(C(=O)Cl)c1ccccc1. The summed E-state index contributed by atoms with van der Waals surface area (Å²) in [4.78, 5) is 12.5. The fraction of sp³-hybridized carbons (Fsp3) is 0.182. The number of amides is 1. The van der Waals surface area contributed by atoms with Crippen LogP contribution in [0.2, 0.25) is 0 Å². The van der Waals surface area contributed by atoms with Crippen molar-refractivity contribution in [1.29, 1.82) is 0 Å². The molecule has 0 aliphatic heterocycles. The molecule has 1 rings (SSSR count). The molecule has 1 atom stereocenters. The van der Waals surface area contributed by atoms with Crippen molar-refractivity contribution >= 4 is 22.7 Å². The zero-order valence-electron chi connectivity index (χ0n) is 7.77. The fourth-order valence-electron chi connectivity index (χ4n) is 1.14. The third-order valence-electron chi connectivity index (χ3n) is 1.85. The molecule has 1 aromatic carbocycles. The van der Waals surface area contributed by atoms with Crippen molar-refractivity contribution in [3.63, 3.8) is 0 Å². The number of hydrogen-bond donors (Lipinski definition) is 0. The highest BCUT2D eigenvalue weighted by atomic mass is 35.5. The predicted octanol–water partition coefficient (Wildman–Crippen LogP) is 2.87. The van der Waals surface area contributed by atoms with Gasteiger partial charge in [0.1, 0.15) is 0 Å². The van der Waals surface area contributed by atoms with Crippen molar-refractivity contribution in [2.75, 3.05) is 4.90 Å². The van der Waals surface area contributed by atoms with Gasteiger partial charge >= 0.3 is 5.37 Å². The van der Waals surface area contributed by atoms with Gasteiger partial charge in [-0.15, -0.1) is 6.42 Å². The first-order chi connectivity index (χ1) is 6.66. The van der Waals surface area contributed by atoms with Crippen molar-refractivity contribution in [2.45, 2.75) is 13.0 Å². The Morgan fingerprint density at radius 2 is 2.07 bits per heavy atom. The third-order valence-corrected chi connectivity index (χ3v) is 2.03. The normalized spacial score (nSPS) is 11.5. The maximum atomic E-state index is 11.1. The minimum atomic E-state index is -0.568. The Labute approximate surface area is 88.5 Å². The van der Waals surface area contributed by atoms with Crippen LogP contribution in [0, 0.1) is 12.3 Å². The van der Waals surface area contributed by atoms with Gasteiger partial charge < -0.3 is 0 Å². The van der Waals surface area contributed by atoms with E-state index in [4.69, 9.17) is 18.0 Å². The van der Waals surface area contributed by atoms with E-state index in [1.807, 2.05) is 18.2 Å². The lowest BCUT2D eigenvalue weighted by atomic mass is 10.2. The monoisotopic (exact) mass is 207 g/mol. The summed E-state index contributed by atoms with van der Waals surface area (Å²) in [6.07, 6.45) is 5.25. The summed E-state index contributed by atoms with van der Waals surface area (Å²) < 4.78 is 0. The molecule has 0 aliphatic carbocycles. The molecule has 0 N–H and O–H groups in total. The molecule has 0 radical (unpaired) electrons. The van der Waals surface area contributed by atoms with Gasteiger partial charge in [-0.3, -0.25) is 9.69 Å². The van der Waals surface area contributed by atoms with Gasteiger partial charge in [-0.05, 0) is 30.7 Å². The van der Waals surface area contributed by atoms with Crippen LogP contribution in [0.25, 0.3) is 0 Å². The Hall–Kier alpha value is -1.46. The van der Waals surface area contributed by atoms with Gasteiger partial charge in [0.15, 0.2) is 0 Å². The topological polar surface area (TPSA) is 20.3 Å². The van der Waals surface area contributed by atoms with E-state index < -0.39 is 5.37 Å². The van der Waals surface area contributed by atoms with E-state index in [1.165, 1.54) is 4.90 Å². The van der Waals surface area contributed by atoms with Crippen LogP contribution in [0.4, 0.5) is 10.5 Å². The minimum Gasteiger partial charge on any atom is -0.285 e. The molecule has 0 spiro atoms. The summed E-state index contributed by atoms with van der Waals surface area (Å²) in [7, 11) is 0. The maximum Gasteiger partial charge on any atom is 0.321 e. The summed E-state index contributed by atoms with van der Waals surface area (Å²) in [6.45, 7) is 1.74. The van der Waals surface area contributed by atoms with Crippen LogP contribution in [-0.4, -0.2) is 11.4 Å². The molecule has 0 aromatic heterocycles. The van der Waals surface area contributed by atoms with Crippen LogP contribution < -0.4 is 4.90 Å². The van der Waals surface area contributed by atoms with E-state index in [2.05, 4.69) is 5.92 Å². The third kappa shape index (κ3) is 2.27. The van der Waals surface area contributed by atoms with Gasteiger partial charge in [0.25, 0.3) is 0 Å². The standard InChI is InChI=1S/C11H10ClNO/c1-3-9(2)13(11(12)14)10-7-5-4-6-8-10/h1,4-9H,2H3. The number of nitrogens with zero attached hydrogens (tertiary/aromatic N) is 1. The first-order valence-corrected chi connectivity index (χ1v) is 4.54. The number of benzene rings is 1. The van der Waals surface area contributed by atoms with Gasteiger partial charge in [-0.1, -0.05) is 24.1 Å². The molecule has 0 fully saturated rings. The predicted molar refractivity (Wildman–Crippen MR) is 58.5 cm³/mol. The molecule has 0 bridgehead atoms. The highest BCUT2D eigenvalue weighted by Crippen LogP contribution is 2.18. The molecule has 0 aliphatic rings. The molecular weight excluding hydrogens is 198 g/mol. The van der Waals surface area contributed by atoms with Gasteiger partial charge in [0.05, 0.1) is 6.04 Å². The second-order valence-electron chi connectivity index (χ2n) is 2.80. The Bertz CT molecular complexity index is 355. The summed E-state index contributed by atoms with van der Waals surface area (Å²) >= 11 is 5.44. The summed E-state index contributed by atoms with van der Waals surface area (Å²) in [5.74, 6) is 2.47. The maximum absolute atomic E-state index is 11.1. The van der Waals surface area contributed by atoms with E-state index in [0.717, 1.165) is 0 Å². The number of para-hydroxylation sites is 1. The van der Waals surface area contributed by atoms with Crippen LogP contribution in [0.1, 0.15) is 6.92 Å². The molecule has 1 amide bonds. The van der Waals surface area contributed by atoms with Gasteiger partial charge in [-0.25, -0.2) is 0 Å². The Morgan fingerprint density at radius 3 is 2.50 bits per heavy atom. The van der Waals surface area contributed by atoms with Crippen LogP contribution in [0.3, 0.4) is 0 Å². The van der Waals surface area contributed by atoms with Crippen molar-refractivity contribution in [2.24, 2.45) is 0 Å². The highest BCUT2D eigenvalue weighted by Gasteiger charge is 2.17. The summed E-state index contributed by atoms with van der Waals surface area (Å²) in [5, 5.41) is -0.568. The second-order valence-corrected chi connectivity index (χ2v) is 3.12. The molecule has 3 heteroatoms. The number of halogens is 1. The molecule has 0 saturated carbocycles. The number of anilines is 1. The molecule has 1 aromatic rings. The Morgan fingerprint density at radius 1 is 1.50 bits per heavy atom. The van der Waals surface area contributed by atoms with Crippen LogP contribution in [-0.2, 0) is 0 Å². The molecular formula is C11H10ClNO. The quantitative estimate of drug-likeness (QED) is 0.415.